The second-order valence-electron chi connectivity index (χ2n) is 4.21. The highest BCUT2D eigenvalue weighted by Crippen LogP contribution is 2.17. The molecule has 0 aliphatic carbocycles. The Balaban J connectivity index is 2.06. The lowest BCUT2D eigenvalue weighted by Gasteiger charge is -2.12. The molecule has 0 saturated carbocycles. The van der Waals surface area contributed by atoms with Gasteiger partial charge in [-0.25, -0.2) is 4.98 Å². The van der Waals surface area contributed by atoms with Crippen LogP contribution in [-0.4, -0.2) is 36.3 Å². The van der Waals surface area contributed by atoms with E-state index in [2.05, 4.69) is 4.98 Å². The SMILES string of the molecule is Cc1nc2cc(CCN(C)CC=O)ccc2o1. The number of aryl methyl sites for hydroxylation is 1. The van der Waals surface area contributed by atoms with Gasteiger partial charge in [-0.05, 0) is 31.2 Å². The van der Waals surface area contributed by atoms with Crippen molar-refractivity contribution in [2.24, 2.45) is 0 Å². The average molecular weight is 232 g/mol. The molecule has 0 atom stereocenters. The van der Waals surface area contributed by atoms with E-state index in [0.717, 1.165) is 30.4 Å². The van der Waals surface area contributed by atoms with Crippen molar-refractivity contribution in [1.82, 2.24) is 9.88 Å². The van der Waals surface area contributed by atoms with Crippen LogP contribution in [0.5, 0.6) is 0 Å². The van der Waals surface area contributed by atoms with E-state index in [1.165, 1.54) is 5.56 Å². The maximum atomic E-state index is 10.3. The van der Waals surface area contributed by atoms with Crippen LogP contribution in [0.4, 0.5) is 0 Å². The number of carbonyl (C=O) groups is 1. The summed E-state index contributed by atoms with van der Waals surface area (Å²) >= 11 is 0. The summed E-state index contributed by atoms with van der Waals surface area (Å²) in [5.41, 5.74) is 2.94. The van der Waals surface area contributed by atoms with Crippen molar-refractivity contribution in [2.75, 3.05) is 20.1 Å². The van der Waals surface area contributed by atoms with Gasteiger partial charge in [-0.2, -0.15) is 0 Å². The Labute approximate surface area is 100 Å². The fraction of sp³-hybridized carbons (Fsp3) is 0.385. The van der Waals surface area contributed by atoms with Crippen LogP contribution in [0.25, 0.3) is 11.1 Å². The van der Waals surface area contributed by atoms with E-state index < -0.39 is 0 Å². The third kappa shape index (κ3) is 2.91. The molecule has 17 heavy (non-hydrogen) atoms. The molecular weight excluding hydrogens is 216 g/mol. The van der Waals surface area contributed by atoms with Crippen LogP contribution in [0.1, 0.15) is 11.5 Å². The first-order chi connectivity index (χ1) is 8.19. The minimum Gasteiger partial charge on any atom is -0.441 e. The molecule has 1 aromatic heterocycles. The maximum Gasteiger partial charge on any atom is 0.192 e. The quantitative estimate of drug-likeness (QED) is 0.738. The number of carbonyl (C=O) groups excluding carboxylic acids is 1. The molecule has 90 valence electrons. The lowest BCUT2D eigenvalue weighted by atomic mass is 10.1. The van der Waals surface area contributed by atoms with Gasteiger partial charge in [0.2, 0.25) is 0 Å². The molecule has 0 radical (unpaired) electrons. The van der Waals surface area contributed by atoms with E-state index in [4.69, 9.17) is 4.42 Å². The first-order valence-electron chi connectivity index (χ1n) is 5.67. The molecule has 0 unspecified atom stereocenters. The smallest absolute Gasteiger partial charge is 0.192 e. The Hall–Kier alpha value is -1.68. The lowest BCUT2D eigenvalue weighted by molar-refractivity contribution is -0.108. The van der Waals surface area contributed by atoms with Crippen LogP contribution < -0.4 is 0 Å². The van der Waals surface area contributed by atoms with E-state index in [9.17, 15) is 4.79 Å². The number of rotatable bonds is 5. The molecule has 0 saturated heterocycles. The zero-order valence-corrected chi connectivity index (χ0v) is 10.1. The van der Waals surface area contributed by atoms with Crippen molar-refractivity contribution in [3.8, 4) is 0 Å². The van der Waals surface area contributed by atoms with Gasteiger partial charge in [0.15, 0.2) is 11.5 Å². The zero-order valence-electron chi connectivity index (χ0n) is 10.1. The first kappa shape index (κ1) is 11.8. The van der Waals surface area contributed by atoms with Crippen molar-refractivity contribution < 1.29 is 9.21 Å². The topological polar surface area (TPSA) is 46.3 Å². The summed E-state index contributed by atoms with van der Waals surface area (Å²) in [4.78, 5) is 16.6. The van der Waals surface area contributed by atoms with Gasteiger partial charge in [-0.3, -0.25) is 4.90 Å². The normalized spacial score (nSPS) is 11.2. The zero-order chi connectivity index (χ0) is 12.3. The highest BCUT2D eigenvalue weighted by Gasteiger charge is 2.04. The van der Waals surface area contributed by atoms with Crippen LogP contribution in [-0.2, 0) is 11.2 Å². The molecule has 0 fully saturated rings. The van der Waals surface area contributed by atoms with Gasteiger partial charge < -0.3 is 9.21 Å². The van der Waals surface area contributed by atoms with Crippen LogP contribution >= 0.6 is 0 Å². The lowest BCUT2D eigenvalue weighted by Crippen LogP contribution is -2.23. The molecule has 2 aromatic rings. The number of hydrogen-bond donors (Lipinski definition) is 0. The first-order valence-corrected chi connectivity index (χ1v) is 5.67. The number of fused-ring (bicyclic) bond motifs is 1. The molecule has 4 nitrogen and oxygen atoms in total. The summed E-state index contributed by atoms with van der Waals surface area (Å²) in [6, 6.07) is 6.03. The number of nitrogens with zero attached hydrogens (tertiary/aromatic N) is 2. The number of likely N-dealkylation sites (N-methyl/N-ethyl adjacent to an activating group) is 1. The van der Waals surface area contributed by atoms with Gasteiger partial charge in [-0.15, -0.1) is 0 Å². The summed E-state index contributed by atoms with van der Waals surface area (Å²) in [7, 11) is 1.94. The highest BCUT2D eigenvalue weighted by atomic mass is 16.3. The average Bonchev–Trinajstić information content (AvgIpc) is 2.66. The molecule has 1 heterocycles. The third-order valence-corrected chi connectivity index (χ3v) is 2.73. The fourth-order valence-electron chi connectivity index (χ4n) is 1.78. The predicted molar refractivity (Wildman–Crippen MR) is 66.0 cm³/mol. The Morgan fingerprint density at radius 2 is 2.29 bits per heavy atom. The minimum atomic E-state index is 0.477. The fourth-order valence-corrected chi connectivity index (χ4v) is 1.78. The number of oxazole rings is 1. The van der Waals surface area contributed by atoms with Crippen molar-refractivity contribution in [2.45, 2.75) is 13.3 Å². The molecule has 0 aliphatic rings. The summed E-state index contributed by atoms with van der Waals surface area (Å²) < 4.78 is 5.42. The van der Waals surface area contributed by atoms with E-state index >= 15 is 0 Å². The summed E-state index contributed by atoms with van der Waals surface area (Å²) in [5, 5.41) is 0. The van der Waals surface area contributed by atoms with Gasteiger partial charge in [0, 0.05) is 13.5 Å². The number of hydrogen-bond acceptors (Lipinski definition) is 4. The van der Waals surface area contributed by atoms with Crippen molar-refractivity contribution in [3.63, 3.8) is 0 Å². The van der Waals surface area contributed by atoms with Crippen LogP contribution in [0.15, 0.2) is 22.6 Å². The molecule has 1 aromatic carbocycles. The number of benzene rings is 1. The van der Waals surface area contributed by atoms with Gasteiger partial charge in [0.05, 0.1) is 6.54 Å². The van der Waals surface area contributed by atoms with Gasteiger partial charge >= 0.3 is 0 Å². The Kier molecular flexibility index (Phi) is 3.54. The van der Waals surface area contributed by atoms with Gasteiger partial charge in [0.25, 0.3) is 0 Å². The molecular formula is C13H16N2O2. The summed E-state index contributed by atoms with van der Waals surface area (Å²) in [6.45, 7) is 3.18. The second-order valence-corrected chi connectivity index (χ2v) is 4.21. The number of aldehydes is 1. The van der Waals surface area contributed by atoms with Crippen molar-refractivity contribution in [1.29, 1.82) is 0 Å². The molecule has 0 N–H and O–H groups in total. The molecule has 0 bridgehead atoms. The van der Waals surface area contributed by atoms with Crippen LogP contribution in [0.3, 0.4) is 0 Å². The molecule has 2 rings (SSSR count). The predicted octanol–water partition coefficient (Wildman–Crippen LogP) is 1.81. The van der Waals surface area contributed by atoms with E-state index in [1.54, 1.807) is 0 Å². The Morgan fingerprint density at radius 3 is 3.06 bits per heavy atom. The standard InChI is InChI=1S/C13H16N2O2/c1-10-14-12-9-11(3-4-13(12)17-10)5-6-15(2)7-8-16/h3-4,8-9H,5-7H2,1-2H3. The van der Waals surface area contributed by atoms with E-state index in [-0.39, 0.29) is 0 Å². The molecule has 0 aliphatic heterocycles. The molecule has 0 spiro atoms. The maximum absolute atomic E-state index is 10.3. The van der Waals surface area contributed by atoms with Crippen LogP contribution in [0, 0.1) is 6.92 Å². The van der Waals surface area contributed by atoms with Crippen molar-refractivity contribution >= 4 is 17.4 Å². The van der Waals surface area contributed by atoms with Crippen molar-refractivity contribution in [3.05, 3.63) is 29.7 Å². The summed E-state index contributed by atoms with van der Waals surface area (Å²) in [6.07, 6.45) is 1.83. The minimum absolute atomic E-state index is 0.477. The molecule has 0 amide bonds. The van der Waals surface area contributed by atoms with Gasteiger partial charge in [-0.1, -0.05) is 6.07 Å². The Bertz CT molecular complexity index is 519. The third-order valence-electron chi connectivity index (χ3n) is 2.73. The highest BCUT2D eigenvalue weighted by molar-refractivity contribution is 5.73. The number of aromatic nitrogens is 1. The van der Waals surface area contributed by atoms with Gasteiger partial charge in [0.1, 0.15) is 11.8 Å². The van der Waals surface area contributed by atoms with E-state index in [1.807, 2.05) is 37.1 Å². The Morgan fingerprint density at radius 1 is 1.47 bits per heavy atom. The summed E-state index contributed by atoms with van der Waals surface area (Å²) in [5.74, 6) is 0.690. The monoisotopic (exact) mass is 232 g/mol. The van der Waals surface area contributed by atoms with Crippen LogP contribution in [0.2, 0.25) is 0 Å². The largest absolute Gasteiger partial charge is 0.441 e. The second kappa shape index (κ2) is 5.10. The van der Waals surface area contributed by atoms with E-state index in [0.29, 0.717) is 12.4 Å². The molecule has 4 heteroatoms.